The molecule has 2 saturated carbocycles. The zero-order valence-corrected chi connectivity index (χ0v) is 5.84. The first-order valence-electron chi connectivity index (χ1n) is 4.13. The quantitative estimate of drug-likeness (QED) is 0.501. The largest absolute Gasteiger partial charge is 0.0527 e. The molecule has 2 fully saturated rings. The number of hydrogen-bond acceptors (Lipinski definition) is 0. The molecule has 0 spiro atoms. The molecule has 0 aromatic rings. The van der Waals surface area contributed by atoms with Gasteiger partial charge in [0.05, 0.1) is 0 Å². The van der Waals surface area contributed by atoms with E-state index in [9.17, 15) is 0 Å². The summed E-state index contributed by atoms with van der Waals surface area (Å²) in [7, 11) is 0. The molecule has 2 aliphatic carbocycles. The predicted molar refractivity (Wildman–Crippen MR) is 38.7 cm³/mol. The molecule has 2 radical (unpaired) electrons. The van der Waals surface area contributed by atoms with Gasteiger partial charge in [-0.2, -0.15) is 0 Å². The molecule has 0 aromatic heterocycles. The molecular weight excluding hydrogens is 108 g/mol. The molecule has 50 valence electrons. The van der Waals surface area contributed by atoms with Gasteiger partial charge in [0.2, 0.25) is 0 Å². The molecule has 2 unspecified atom stereocenters. The maximum absolute atomic E-state index is 2.53. The highest BCUT2D eigenvalue weighted by Gasteiger charge is 2.29. The summed E-state index contributed by atoms with van der Waals surface area (Å²) in [4.78, 5) is 0. The molecule has 0 N–H and O–H groups in total. The van der Waals surface area contributed by atoms with Crippen molar-refractivity contribution in [2.75, 3.05) is 0 Å². The second-order valence-electron chi connectivity index (χ2n) is 3.31. The van der Waals surface area contributed by atoms with Crippen LogP contribution in [0.15, 0.2) is 0 Å². The van der Waals surface area contributed by atoms with Crippen LogP contribution in [0.2, 0.25) is 0 Å². The lowest BCUT2D eigenvalue weighted by atomic mass is 9.75. The lowest BCUT2D eigenvalue weighted by Gasteiger charge is -2.30. The molecular formula is C9H14. The summed E-state index contributed by atoms with van der Waals surface area (Å²) >= 11 is 0. The minimum atomic E-state index is 0.985. The van der Waals surface area contributed by atoms with Gasteiger partial charge in [-0.05, 0) is 50.4 Å². The van der Waals surface area contributed by atoms with Crippen LogP contribution in [0, 0.1) is 24.7 Å². The molecule has 0 heterocycles. The van der Waals surface area contributed by atoms with E-state index in [4.69, 9.17) is 0 Å². The van der Waals surface area contributed by atoms with Gasteiger partial charge in [0, 0.05) is 0 Å². The molecule has 0 nitrogen and oxygen atoms in total. The zero-order chi connectivity index (χ0) is 6.10. The molecule has 0 saturated heterocycles. The van der Waals surface area contributed by atoms with Gasteiger partial charge in [0.1, 0.15) is 0 Å². The maximum atomic E-state index is 2.53. The molecule has 0 heteroatoms. The van der Waals surface area contributed by atoms with Crippen LogP contribution in [-0.2, 0) is 0 Å². The van der Waals surface area contributed by atoms with Gasteiger partial charge >= 0.3 is 0 Å². The Labute approximate surface area is 57.6 Å². The molecule has 2 atom stereocenters. The van der Waals surface area contributed by atoms with Crippen LogP contribution in [0.1, 0.15) is 32.1 Å². The van der Waals surface area contributed by atoms with Crippen molar-refractivity contribution in [1.29, 1.82) is 0 Å². The zero-order valence-electron chi connectivity index (χ0n) is 5.84. The monoisotopic (exact) mass is 122 g/mol. The first kappa shape index (κ1) is 5.76. The summed E-state index contributed by atoms with van der Waals surface area (Å²) in [5.41, 5.74) is 0. The van der Waals surface area contributed by atoms with E-state index >= 15 is 0 Å². The number of hydrogen-bond donors (Lipinski definition) is 0. The van der Waals surface area contributed by atoms with Crippen LogP contribution in [0.25, 0.3) is 0 Å². The topological polar surface area (TPSA) is 0 Å². The lowest BCUT2D eigenvalue weighted by molar-refractivity contribution is 0.323. The molecule has 0 amide bonds. The average Bonchev–Trinajstić information content (AvgIpc) is 2.11. The average molecular weight is 122 g/mol. The fraction of sp³-hybridized carbons (Fsp3) is 0.778. The van der Waals surface area contributed by atoms with E-state index in [1.807, 2.05) is 0 Å². The molecule has 2 rings (SSSR count). The van der Waals surface area contributed by atoms with Gasteiger partial charge in [-0.25, -0.2) is 0 Å². The summed E-state index contributed by atoms with van der Waals surface area (Å²) in [6.07, 6.45) is 12.2. The van der Waals surface area contributed by atoms with Crippen molar-refractivity contribution in [3.63, 3.8) is 0 Å². The van der Waals surface area contributed by atoms with E-state index < -0.39 is 0 Å². The summed E-state index contributed by atoms with van der Waals surface area (Å²) in [6, 6.07) is 0. The maximum Gasteiger partial charge on any atom is -0.0352 e. The smallest absolute Gasteiger partial charge is 0.0352 e. The van der Waals surface area contributed by atoms with Gasteiger partial charge in [-0.15, -0.1) is 0 Å². The van der Waals surface area contributed by atoms with Gasteiger partial charge in [0.15, 0.2) is 0 Å². The van der Waals surface area contributed by atoms with E-state index in [0.29, 0.717) is 0 Å². The number of rotatable bonds is 1. The minimum absolute atomic E-state index is 0.985. The lowest BCUT2D eigenvalue weighted by Crippen LogP contribution is -2.20. The Morgan fingerprint density at radius 3 is 2.00 bits per heavy atom. The second-order valence-corrected chi connectivity index (χ2v) is 3.31. The Morgan fingerprint density at radius 1 is 0.889 bits per heavy atom. The third-order valence-corrected chi connectivity index (χ3v) is 2.73. The fourth-order valence-electron chi connectivity index (χ4n) is 1.94. The SMILES string of the molecule is [CH]1CCC1C1[CH]CCC1. The third-order valence-electron chi connectivity index (χ3n) is 2.73. The third kappa shape index (κ3) is 0.997. The van der Waals surface area contributed by atoms with E-state index in [2.05, 4.69) is 12.8 Å². The summed E-state index contributed by atoms with van der Waals surface area (Å²) in [5.74, 6) is 1.98. The van der Waals surface area contributed by atoms with E-state index in [-0.39, 0.29) is 0 Å². The van der Waals surface area contributed by atoms with Crippen LogP contribution in [0.4, 0.5) is 0 Å². The van der Waals surface area contributed by atoms with Gasteiger partial charge in [0.25, 0.3) is 0 Å². The van der Waals surface area contributed by atoms with Gasteiger partial charge in [-0.3, -0.25) is 0 Å². The Bertz CT molecular complexity index is 86.2. The first-order valence-corrected chi connectivity index (χ1v) is 4.13. The highest BCUT2D eigenvalue weighted by atomic mass is 14.3. The van der Waals surface area contributed by atoms with Crippen molar-refractivity contribution >= 4 is 0 Å². The molecule has 0 aliphatic heterocycles. The summed E-state index contributed by atoms with van der Waals surface area (Å²) in [5, 5.41) is 0. The highest BCUT2D eigenvalue weighted by Crippen LogP contribution is 2.40. The Hall–Kier alpha value is 0. The van der Waals surface area contributed by atoms with Crippen LogP contribution in [0.5, 0.6) is 0 Å². The van der Waals surface area contributed by atoms with Crippen LogP contribution >= 0.6 is 0 Å². The normalized spacial score (nSPS) is 30.7. The van der Waals surface area contributed by atoms with Crippen molar-refractivity contribution in [1.82, 2.24) is 0 Å². The Kier molecular flexibility index (Phi) is 1.48. The van der Waals surface area contributed by atoms with Crippen molar-refractivity contribution in [2.45, 2.75) is 32.1 Å². The van der Waals surface area contributed by atoms with Crippen LogP contribution in [-0.4, -0.2) is 0 Å². The molecule has 0 aromatic carbocycles. The summed E-state index contributed by atoms with van der Waals surface area (Å²) in [6.45, 7) is 0. The fourth-order valence-corrected chi connectivity index (χ4v) is 1.94. The first-order chi connectivity index (χ1) is 4.47. The van der Waals surface area contributed by atoms with Crippen molar-refractivity contribution in [3.05, 3.63) is 12.8 Å². The minimum Gasteiger partial charge on any atom is -0.0527 e. The highest BCUT2D eigenvalue weighted by molar-refractivity contribution is 4.99. The summed E-state index contributed by atoms with van der Waals surface area (Å²) < 4.78 is 0. The van der Waals surface area contributed by atoms with Gasteiger partial charge in [-0.1, -0.05) is 6.42 Å². The van der Waals surface area contributed by atoms with Crippen molar-refractivity contribution in [3.8, 4) is 0 Å². The van der Waals surface area contributed by atoms with E-state index in [1.165, 1.54) is 32.1 Å². The standard InChI is InChI=1S/C9H14/c1-2-5-8(4-1)9-6-3-7-9/h4,6,8-9H,1-3,5,7H2. The van der Waals surface area contributed by atoms with Gasteiger partial charge < -0.3 is 0 Å². The van der Waals surface area contributed by atoms with E-state index in [1.54, 1.807) is 0 Å². The van der Waals surface area contributed by atoms with E-state index in [0.717, 1.165) is 11.8 Å². The Balaban J connectivity index is 1.82. The molecule has 9 heavy (non-hydrogen) atoms. The molecule has 2 aliphatic rings. The predicted octanol–water partition coefficient (Wildman–Crippen LogP) is 2.61. The van der Waals surface area contributed by atoms with Crippen LogP contribution in [0.3, 0.4) is 0 Å². The van der Waals surface area contributed by atoms with Crippen molar-refractivity contribution < 1.29 is 0 Å². The Morgan fingerprint density at radius 2 is 1.56 bits per heavy atom. The second kappa shape index (κ2) is 2.32. The molecule has 0 bridgehead atoms. The van der Waals surface area contributed by atoms with Crippen LogP contribution < -0.4 is 0 Å². The van der Waals surface area contributed by atoms with Crippen molar-refractivity contribution in [2.24, 2.45) is 11.8 Å².